The second-order valence-corrected chi connectivity index (χ2v) is 3.66. The Labute approximate surface area is 91.1 Å². The van der Waals surface area contributed by atoms with Crippen LogP contribution in [-0.2, 0) is 0 Å². The highest BCUT2D eigenvalue weighted by Gasteiger charge is 2.08. The van der Waals surface area contributed by atoms with Crippen molar-refractivity contribution in [2.45, 2.75) is 0 Å². The normalized spacial score (nSPS) is 11.0. The molecule has 0 aliphatic rings. The molecule has 3 aromatic rings. The first-order valence-corrected chi connectivity index (χ1v) is 4.97. The summed E-state index contributed by atoms with van der Waals surface area (Å²) in [5.74, 6) is 0. The van der Waals surface area contributed by atoms with E-state index in [1.54, 1.807) is 12.1 Å². The first-order chi connectivity index (χ1) is 7.77. The fourth-order valence-electron chi connectivity index (χ4n) is 1.95. The molecule has 3 rings (SSSR count). The van der Waals surface area contributed by atoms with Crippen molar-refractivity contribution in [1.29, 1.82) is 0 Å². The summed E-state index contributed by atoms with van der Waals surface area (Å²) in [6, 6.07) is 12.9. The molecule has 0 atom stereocenters. The van der Waals surface area contributed by atoms with Gasteiger partial charge < -0.3 is 10.2 Å². The molecular weight excluding hydrogens is 202 g/mol. The topological polar surface area (TPSA) is 56.2 Å². The highest BCUT2D eigenvalue weighted by Crippen LogP contribution is 2.25. The maximum Gasteiger partial charge on any atom is 0.346 e. The van der Waals surface area contributed by atoms with Crippen molar-refractivity contribution in [3.05, 3.63) is 52.9 Å². The minimum absolute atomic E-state index is 0.383. The van der Waals surface area contributed by atoms with Crippen LogP contribution in [0.1, 0.15) is 0 Å². The lowest BCUT2D eigenvalue weighted by Gasteiger charge is -2.03. The zero-order valence-corrected chi connectivity index (χ0v) is 8.44. The fraction of sp³-hybridized carbons (Fsp3) is 0. The zero-order valence-electron chi connectivity index (χ0n) is 8.44. The van der Waals surface area contributed by atoms with Gasteiger partial charge in [0.2, 0.25) is 0 Å². The number of hydrogen-bond acceptors (Lipinski definition) is 3. The molecule has 2 N–H and O–H groups in total. The summed E-state index contributed by atoms with van der Waals surface area (Å²) < 4.78 is 5.22. The number of nitrogens with two attached hydrogens (primary N) is 1. The largest absolute Gasteiger partial charge is 0.422 e. The predicted octanol–water partition coefficient (Wildman–Crippen LogP) is 2.53. The molecule has 3 nitrogen and oxygen atoms in total. The molecule has 0 fully saturated rings. The molecule has 0 radical (unpaired) electrons. The van der Waals surface area contributed by atoms with E-state index in [1.165, 1.54) is 0 Å². The smallest absolute Gasteiger partial charge is 0.346 e. The molecule has 2 aromatic carbocycles. The van der Waals surface area contributed by atoms with Gasteiger partial charge in [0.15, 0.2) is 0 Å². The molecule has 0 aliphatic heterocycles. The van der Waals surface area contributed by atoms with Gasteiger partial charge in [-0.25, -0.2) is 4.79 Å². The molecule has 0 aliphatic carbocycles. The summed E-state index contributed by atoms with van der Waals surface area (Å²) in [6.45, 7) is 0. The predicted molar refractivity (Wildman–Crippen MR) is 64.4 cm³/mol. The van der Waals surface area contributed by atoms with Gasteiger partial charge in [-0.05, 0) is 12.1 Å². The number of para-hydroxylation sites is 1. The van der Waals surface area contributed by atoms with Crippen LogP contribution in [0.5, 0.6) is 0 Å². The summed E-state index contributed by atoms with van der Waals surface area (Å²) in [5.41, 5.74) is 6.45. The van der Waals surface area contributed by atoms with Crippen molar-refractivity contribution in [3.63, 3.8) is 0 Å². The van der Waals surface area contributed by atoms with Gasteiger partial charge in [0, 0.05) is 16.5 Å². The SMILES string of the molecule is Nc1cccc2c1c(=O)oc1ccccc12. The molecule has 0 amide bonds. The molecule has 1 aromatic heterocycles. The van der Waals surface area contributed by atoms with Crippen LogP contribution < -0.4 is 11.4 Å². The first-order valence-electron chi connectivity index (χ1n) is 4.97. The Hall–Kier alpha value is -2.29. The molecule has 0 unspecified atom stereocenters. The number of anilines is 1. The average molecular weight is 211 g/mol. The van der Waals surface area contributed by atoms with Gasteiger partial charge in [-0.2, -0.15) is 0 Å². The second kappa shape index (κ2) is 3.10. The quantitative estimate of drug-likeness (QED) is 0.353. The molecule has 3 heteroatoms. The van der Waals surface area contributed by atoms with Crippen molar-refractivity contribution in [1.82, 2.24) is 0 Å². The highest BCUT2D eigenvalue weighted by molar-refractivity contribution is 6.08. The molecule has 0 bridgehead atoms. The minimum atomic E-state index is -0.383. The number of hydrogen-bond donors (Lipinski definition) is 1. The summed E-state index contributed by atoms with van der Waals surface area (Å²) in [5, 5.41) is 2.21. The second-order valence-electron chi connectivity index (χ2n) is 3.66. The van der Waals surface area contributed by atoms with Gasteiger partial charge in [-0.15, -0.1) is 0 Å². The molecule has 0 saturated carbocycles. The average Bonchev–Trinajstić information content (AvgIpc) is 2.29. The van der Waals surface area contributed by atoms with Crippen LogP contribution in [0.2, 0.25) is 0 Å². The first kappa shape index (κ1) is 8.97. The van der Waals surface area contributed by atoms with E-state index in [1.807, 2.05) is 30.3 Å². The third-order valence-electron chi connectivity index (χ3n) is 2.68. The van der Waals surface area contributed by atoms with Gasteiger partial charge in [0.25, 0.3) is 0 Å². The van der Waals surface area contributed by atoms with E-state index in [-0.39, 0.29) is 5.63 Å². The van der Waals surface area contributed by atoms with Gasteiger partial charge in [-0.3, -0.25) is 0 Å². The van der Waals surface area contributed by atoms with Crippen LogP contribution >= 0.6 is 0 Å². The summed E-state index contributed by atoms with van der Waals surface area (Å²) in [6.07, 6.45) is 0. The Morgan fingerprint density at radius 3 is 2.56 bits per heavy atom. The zero-order chi connectivity index (χ0) is 11.1. The Kier molecular flexibility index (Phi) is 1.74. The van der Waals surface area contributed by atoms with Gasteiger partial charge in [0.05, 0.1) is 5.39 Å². The number of benzene rings is 2. The lowest BCUT2D eigenvalue weighted by Crippen LogP contribution is -2.03. The van der Waals surface area contributed by atoms with E-state index in [0.717, 1.165) is 10.8 Å². The number of fused-ring (bicyclic) bond motifs is 3. The summed E-state index contributed by atoms with van der Waals surface area (Å²) in [7, 11) is 0. The van der Waals surface area contributed by atoms with Gasteiger partial charge in [-0.1, -0.05) is 30.3 Å². The van der Waals surface area contributed by atoms with E-state index in [0.29, 0.717) is 16.7 Å². The lowest BCUT2D eigenvalue weighted by molar-refractivity contribution is 0.570. The van der Waals surface area contributed by atoms with E-state index in [9.17, 15) is 4.79 Å². The Bertz CT molecular complexity index is 744. The van der Waals surface area contributed by atoms with Crippen molar-refractivity contribution in [2.75, 3.05) is 5.73 Å². The minimum Gasteiger partial charge on any atom is -0.422 e. The monoisotopic (exact) mass is 211 g/mol. The molecular formula is C13H9NO2. The van der Waals surface area contributed by atoms with Crippen LogP contribution in [0, 0.1) is 0 Å². The van der Waals surface area contributed by atoms with E-state index in [4.69, 9.17) is 10.2 Å². The van der Waals surface area contributed by atoms with Gasteiger partial charge in [0.1, 0.15) is 5.58 Å². The standard InChI is InChI=1S/C13H9NO2/c14-10-6-3-5-9-8-4-1-2-7-11(8)16-13(15)12(9)10/h1-7H,14H2. The Balaban J connectivity index is 2.71. The summed E-state index contributed by atoms with van der Waals surface area (Å²) in [4.78, 5) is 11.8. The van der Waals surface area contributed by atoms with Crippen LogP contribution in [0.25, 0.3) is 21.7 Å². The molecule has 0 saturated heterocycles. The number of rotatable bonds is 0. The maximum absolute atomic E-state index is 11.8. The lowest BCUT2D eigenvalue weighted by atomic mass is 10.1. The molecule has 16 heavy (non-hydrogen) atoms. The van der Waals surface area contributed by atoms with Crippen LogP contribution in [0.4, 0.5) is 5.69 Å². The fourth-order valence-corrected chi connectivity index (χ4v) is 1.95. The number of nitrogen functional groups attached to an aromatic ring is 1. The van der Waals surface area contributed by atoms with E-state index < -0.39 is 0 Å². The Morgan fingerprint density at radius 2 is 1.69 bits per heavy atom. The summed E-state index contributed by atoms with van der Waals surface area (Å²) >= 11 is 0. The van der Waals surface area contributed by atoms with Crippen molar-refractivity contribution in [2.24, 2.45) is 0 Å². The van der Waals surface area contributed by atoms with E-state index >= 15 is 0 Å². The van der Waals surface area contributed by atoms with Gasteiger partial charge >= 0.3 is 5.63 Å². The molecule has 0 spiro atoms. The van der Waals surface area contributed by atoms with Crippen molar-refractivity contribution in [3.8, 4) is 0 Å². The maximum atomic E-state index is 11.8. The van der Waals surface area contributed by atoms with Crippen LogP contribution in [-0.4, -0.2) is 0 Å². The third-order valence-corrected chi connectivity index (χ3v) is 2.68. The third kappa shape index (κ3) is 1.11. The molecule has 1 heterocycles. The Morgan fingerprint density at radius 1 is 0.938 bits per heavy atom. The van der Waals surface area contributed by atoms with Crippen LogP contribution in [0.3, 0.4) is 0 Å². The van der Waals surface area contributed by atoms with Crippen molar-refractivity contribution >= 4 is 27.4 Å². The van der Waals surface area contributed by atoms with E-state index in [2.05, 4.69) is 0 Å². The van der Waals surface area contributed by atoms with Crippen molar-refractivity contribution < 1.29 is 4.42 Å². The van der Waals surface area contributed by atoms with Crippen LogP contribution in [0.15, 0.2) is 51.7 Å². The highest BCUT2D eigenvalue weighted by atomic mass is 16.4. The molecule has 78 valence electrons.